The molecule has 1 aromatic rings. The molecule has 2 rings (SSSR count). The lowest BCUT2D eigenvalue weighted by Crippen LogP contribution is -2.30. The van der Waals surface area contributed by atoms with E-state index in [2.05, 4.69) is 30.2 Å². The average Bonchev–Trinajstić information content (AvgIpc) is 2.44. The Morgan fingerprint density at radius 1 is 1.47 bits per heavy atom. The van der Waals surface area contributed by atoms with Gasteiger partial charge in [-0.3, -0.25) is 0 Å². The van der Waals surface area contributed by atoms with Crippen LogP contribution < -0.4 is 11.1 Å². The van der Waals surface area contributed by atoms with E-state index in [1.165, 1.54) is 43.2 Å². The maximum Gasteiger partial charge on any atom is 0.128 e. The van der Waals surface area contributed by atoms with Crippen molar-refractivity contribution in [1.29, 1.82) is 0 Å². The zero-order chi connectivity index (χ0) is 13.8. The van der Waals surface area contributed by atoms with Crippen LogP contribution in [0.15, 0.2) is 12.3 Å². The zero-order valence-corrected chi connectivity index (χ0v) is 12.4. The van der Waals surface area contributed by atoms with Gasteiger partial charge in [-0.1, -0.05) is 26.2 Å². The van der Waals surface area contributed by atoms with Crippen molar-refractivity contribution in [2.24, 2.45) is 11.8 Å². The Balaban J connectivity index is 2.21. The first-order valence-electron chi connectivity index (χ1n) is 7.55. The number of aryl methyl sites for hydroxylation is 1. The molecule has 3 N–H and O–H groups in total. The quantitative estimate of drug-likeness (QED) is 0.873. The zero-order valence-electron chi connectivity index (χ0n) is 12.4. The van der Waals surface area contributed by atoms with Crippen molar-refractivity contribution in [2.75, 3.05) is 12.8 Å². The van der Waals surface area contributed by atoms with Gasteiger partial charge < -0.3 is 11.1 Å². The van der Waals surface area contributed by atoms with Gasteiger partial charge in [0.2, 0.25) is 0 Å². The molecule has 1 heterocycles. The third kappa shape index (κ3) is 3.27. The van der Waals surface area contributed by atoms with Gasteiger partial charge in [0.05, 0.1) is 0 Å². The number of aromatic nitrogens is 1. The van der Waals surface area contributed by atoms with Gasteiger partial charge in [0.15, 0.2) is 0 Å². The first kappa shape index (κ1) is 14.3. The molecule has 106 valence electrons. The highest BCUT2D eigenvalue weighted by molar-refractivity contribution is 5.43. The topological polar surface area (TPSA) is 50.9 Å². The van der Waals surface area contributed by atoms with Crippen molar-refractivity contribution in [3.63, 3.8) is 0 Å². The molecular weight excluding hydrogens is 234 g/mol. The molecule has 0 aliphatic heterocycles. The van der Waals surface area contributed by atoms with Gasteiger partial charge >= 0.3 is 0 Å². The number of hydrogen-bond acceptors (Lipinski definition) is 3. The summed E-state index contributed by atoms with van der Waals surface area (Å²) in [6, 6.07) is 2.54. The van der Waals surface area contributed by atoms with Gasteiger partial charge in [-0.15, -0.1) is 0 Å². The molecular formula is C16H27N3. The summed E-state index contributed by atoms with van der Waals surface area (Å²) in [6.07, 6.45) is 8.51. The number of nitrogens with two attached hydrogens (primary N) is 1. The second kappa shape index (κ2) is 6.38. The van der Waals surface area contributed by atoms with Crippen LogP contribution in [0, 0.1) is 18.8 Å². The molecule has 3 heteroatoms. The van der Waals surface area contributed by atoms with Crippen LogP contribution in [-0.4, -0.2) is 12.0 Å². The fraction of sp³-hybridized carbons (Fsp3) is 0.688. The van der Waals surface area contributed by atoms with Gasteiger partial charge in [0.25, 0.3) is 0 Å². The molecule has 0 spiro atoms. The maximum absolute atomic E-state index is 6.09. The Kier molecular flexibility index (Phi) is 4.81. The minimum atomic E-state index is 0.349. The molecule has 1 aliphatic carbocycles. The summed E-state index contributed by atoms with van der Waals surface area (Å²) in [7, 11) is 2.04. The fourth-order valence-electron chi connectivity index (χ4n) is 3.50. The summed E-state index contributed by atoms with van der Waals surface area (Å²) in [4.78, 5) is 4.32. The monoisotopic (exact) mass is 261 g/mol. The lowest BCUT2D eigenvalue weighted by Gasteiger charge is -2.34. The van der Waals surface area contributed by atoms with Gasteiger partial charge in [-0.25, -0.2) is 4.98 Å². The average molecular weight is 261 g/mol. The maximum atomic E-state index is 6.09. The minimum Gasteiger partial charge on any atom is -0.383 e. The number of anilines is 1. The van der Waals surface area contributed by atoms with Crippen molar-refractivity contribution in [2.45, 2.75) is 52.0 Å². The lowest BCUT2D eigenvalue weighted by molar-refractivity contribution is 0.215. The van der Waals surface area contributed by atoms with E-state index in [1.54, 1.807) is 0 Å². The number of nitrogen functional groups attached to an aromatic ring is 1. The van der Waals surface area contributed by atoms with E-state index in [1.807, 2.05) is 13.2 Å². The summed E-state index contributed by atoms with van der Waals surface area (Å²) in [5, 5.41) is 3.48. The third-order valence-corrected chi connectivity index (χ3v) is 4.60. The van der Waals surface area contributed by atoms with Crippen LogP contribution in [0.3, 0.4) is 0 Å². The molecule has 3 nitrogen and oxygen atoms in total. The van der Waals surface area contributed by atoms with Crippen LogP contribution in [0.25, 0.3) is 0 Å². The molecule has 1 fully saturated rings. The van der Waals surface area contributed by atoms with Crippen LogP contribution in [0.4, 0.5) is 5.82 Å². The first-order chi connectivity index (χ1) is 9.15. The van der Waals surface area contributed by atoms with Crippen LogP contribution in [0.5, 0.6) is 0 Å². The Hall–Kier alpha value is -1.09. The van der Waals surface area contributed by atoms with Crippen molar-refractivity contribution >= 4 is 5.82 Å². The number of pyridine rings is 1. The summed E-state index contributed by atoms with van der Waals surface area (Å²) in [6.45, 7) is 4.39. The van der Waals surface area contributed by atoms with Gasteiger partial charge in [0.1, 0.15) is 5.82 Å². The second-order valence-electron chi connectivity index (χ2n) is 5.95. The van der Waals surface area contributed by atoms with E-state index in [4.69, 9.17) is 5.73 Å². The van der Waals surface area contributed by atoms with Crippen LogP contribution >= 0.6 is 0 Å². The minimum absolute atomic E-state index is 0.349. The molecule has 1 aliphatic rings. The van der Waals surface area contributed by atoms with E-state index in [0.29, 0.717) is 17.8 Å². The van der Waals surface area contributed by atoms with E-state index in [-0.39, 0.29) is 0 Å². The highest BCUT2D eigenvalue weighted by Gasteiger charge is 2.29. The highest BCUT2D eigenvalue weighted by atomic mass is 14.9. The van der Waals surface area contributed by atoms with E-state index < -0.39 is 0 Å². The molecule has 0 amide bonds. The molecule has 3 unspecified atom stereocenters. The smallest absolute Gasteiger partial charge is 0.128 e. The number of rotatable bonds is 4. The molecule has 1 saturated carbocycles. The predicted molar refractivity (Wildman–Crippen MR) is 80.9 cm³/mol. The van der Waals surface area contributed by atoms with Gasteiger partial charge in [-0.2, -0.15) is 0 Å². The van der Waals surface area contributed by atoms with E-state index in [9.17, 15) is 0 Å². The lowest BCUT2D eigenvalue weighted by atomic mass is 9.75. The first-order valence-corrected chi connectivity index (χ1v) is 7.55. The van der Waals surface area contributed by atoms with Gasteiger partial charge in [-0.05, 0) is 50.3 Å². The number of nitrogens with one attached hydrogen (secondary N) is 1. The summed E-state index contributed by atoms with van der Waals surface area (Å²) in [5.41, 5.74) is 8.46. The van der Waals surface area contributed by atoms with Crippen LogP contribution in [0.1, 0.15) is 56.2 Å². The normalized spacial score (nSPS) is 25.2. The fourth-order valence-corrected chi connectivity index (χ4v) is 3.50. The Morgan fingerprint density at radius 3 is 2.95 bits per heavy atom. The van der Waals surface area contributed by atoms with Crippen molar-refractivity contribution in [3.05, 3.63) is 23.4 Å². The number of nitrogens with zero attached hydrogens (tertiary/aromatic N) is 1. The molecule has 0 bridgehead atoms. The van der Waals surface area contributed by atoms with Crippen molar-refractivity contribution in [1.82, 2.24) is 10.3 Å². The molecule has 1 aromatic heterocycles. The van der Waals surface area contributed by atoms with Gasteiger partial charge in [0, 0.05) is 17.8 Å². The molecule has 0 saturated heterocycles. The SMILES string of the molecule is CCC1CCCC(C(NC)c2cc(C)cnc2N)C1. The molecule has 19 heavy (non-hydrogen) atoms. The third-order valence-electron chi connectivity index (χ3n) is 4.60. The Labute approximate surface area is 117 Å². The predicted octanol–water partition coefficient (Wildman–Crippen LogP) is 3.45. The molecule has 0 aromatic carbocycles. The van der Waals surface area contributed by atoms with E-state index >= 15 is 0 Å². The van der Waals surface area contributed by atoms with Crippen LogP contribution in [0.2, 0.25) is 0 Å². The molecule has 0 radical (unpaired) electrons. The summed E-state index contributed by atoms with van der Waals surface area (Å²) >= 11 is 0. The summed E-state index contributed by atoms with van der Waals surface area (Å²) < 4.78 is 0. The summed E-state index contributed by atoms with van der Waals surface area (Å²) in [5.74, 6) is 2.26. The standard InChI is InChI=1S/C16H27N3/c1-4-12-6-5-7-13(9-12)15(18-3)14-8-11(2)10-19-16(14)17/h8,10,12-13,15,18H,4-7,9H2,1-3H3,(H2,17,19). The molecule has 3 atom stereocenters. The second-order valence-corrected chi connectivity index (χ2v) is 5.95. The van der Waals surface area contributed by atoms with Crippen LogP contribution in [-0.2, 0) is 0 Å². The van der Waals surface area contributed by atoms with Crippen molar-refractivity contribution < 1.29 is 0 Å². The highest BCUT2D eigenvalue weighted by Crippen LogP contribution is 2.39. The Morgan fingerprint density at radius 2 is 2.26 bits per heavy atom. The number of hydrogen-bond donors (Lipinski definition) is 2. The Bertz CT molecular complexity index is 416. The van der Waals surface area contributed by atoms with Crippen molar-refractivity contribution in [3.8, 4) is 0 Å². The van der Waals surface area contributed by atoms with E-state index in [0.717, 1.165) is 5.92 Å². The largest absolute Gasteiger partial charge is 0.383 e.